The Morgan fingerprint density at radius 3 is 2.42 bits per heavy atom. The summed E-state index contributed by atoms with van der Waals surface area (Å²) in [6.07, 6.45) is 0.248. The Kier molecular flexibility index (Phi) is 9.95. The number of alkyl halides is 3. The molecule has 0 spiro atoms. The van der Waals surface area contributed by atoms with Gasteiger partial charge in [-0.3, -0.25) is 19.7 Å². The average Bonchev–Trinajstić information content (AvgIpc) is 3.86. The van der Waals surface area contributed by atoms with E-state index in [2.05, 4.69) is 25.5 Å². The van der Waals surface area contributed by atoms with E-state index in [1.54, 1.807) is 11.4 Å². The molecular weight excluding hydrogens is 759 g/mol. The Hall–Kier alpha value is -5.85. The van der Waals surface area contributed by atoms with Crippen molar-refractivity contribution in [1.82, 2.24) is 25.5 Å². The third kappa shape index (κ3) is 7.67. The monoisotopic (exact) mass is 796 g/mol. The lowest BCUT2D eigenvalue weighted by molar-refractivity contribution is -0.158. The number of ether oxygens (including phenoxy) is 1. The van der Waals surface area contributed by atoms with Crippen molar-refractivity contribution >= 4 is 52.0 Å². The van der Waals surface area contributed by atoms with E-state index in [1.807, 2.05) is 17.0 Å². The first-order valence-electron chi connectivity index (χ1n) is 18.5. The Bertz CT molecular complexity index is 2240. The molecule has 0 aliphatic carbocycles. The van der Waals surface area contributed by atoms with Crippen LogP contribution in [0.4, 0.5) is 44.1 Å². The number of nitrogens with one attached hydrogen (secondary N) is 3. The van der Waals surface area contributed by atoms with Gasteiger partial charge in [-0.1, -0.05) is 0 Å². The number of hydrogen-bond acceptors (Lipinski definition) is 10. The Balaban J connectivity index is 0.813. The molecule has 4 aromatic rings. The van der Waals surface area contributed by atoms with Crippen molar-refractivity contribution in [2.75, 3.05) is 41.3 Å². The molecule has 3 fully saturated rings. The van der Waals surface area contributed by atoms with Crippen LogP contribution in [0.15, 0.2) is 47.1 Å². The van der Waals surface area contributed by atoms with E-state index in [9.17, 15) is 41.1 Å². The quantitative estimate of drug-likeness (QED) is 0.159. The number of anilines is 3. The van der Waals surface area contributed by atoms with Crippen molar-refractivity contribution in [2.24, 2.45) is 0 Å². The number of aromatic nitrogens is 2. The number of aryl methyl sites for hydroxylation is 1. The lowest BCUT2D eigenvalue weighted by Crippen LogP contribution is -2.52. The van der Waals surface area contributed by atoms with Crippen LogP contribution in [0.2, 0.25) is 0 Å². The standard InChI is InChI=1S/C38H37F5N8O6/c1-19-27-13-21(39)14-28(40)32(27)57-31(19)33(38(41,42)43)48-37(55)46-22-15-44-36(45-16-22)50-11-8-25(18-50)56-24-6-9-49(10-7-24)23-2-3-26-20(12-23)17-51(35(26)54)29-4-5-30(52)47-34(29)53/h2-3,12-16,24-25,29,33H,4-11,17-18H2,1H3,(H2,46,48,55)(H,47,52,53)/t25?,29?,33-/m1/s1. The lowest BCUT2D eigenvalue weighted by Gasteiger charge is -2.35. The van der Waals surface area contributed by atoms with Gasteiger partial charge < -0.3 is 34.5 Å². The van der Waals surface area contributed by atoms with Crippen LogP contribution in [0.3, 0.4) is 0 Å². The predicted molar refractivity (Wildman–Crippen MR) is 193 cm³/mol. The highest BCUT2D eigenvalue weighted by molar-refractivity contribution is 6.05. The predicted octanol–water partition coefficient (Wildman–Crippen LogP) is 5.26. The first kappa shape index (κ1) is 38.0. The first-order valence-corrected chi connectivity index (χ1v) is 18.5. The number of rotatable bonds is 8. The minimum atomic E-state index is -5.04. The largest absolute Gasteiger partial charge is 0.455 e. The molecule has 8 rings (SSSR count). The van der Waals surface area contributed by atoms with Gasteiger partial charge >= 0.3 is 12.2 Å². The minimum Gasteiger partial charge on any atom is -0.455 e. The molecule has 5 amide bonds. The summed E-state index contributed by atoms with van der Waals surface area (Å²) in [5, 5.41) is 6.22. The summed E-state index contributed by atoms with van der Waals surface area (Å²) in [7, 11) is 0. The zero-order valence-corrected chi connectivity index (χ0v) is 30.5. The smallest absolute Gasteiger partial charge is 0.416 e. The molecule has 57 heavy (non-hydrogen) atoms. The molecule has 0 radical (unpaired) electrons. The van der Waals surface area contributed by atoms with Crippen molar-refractivity contribution in [3.8, 4) is 0 Å². The minimum absolute atomic E-state index is 0.0204. The number of carbonyl (C=O) groups is 4. The molecule has 14 nitrogen and oxygen atoms in total. The number of urea groups is 1. The molecule has 3 atom stereocenters. The highest BCUT2D eigenvalue weighted by atomic mass is 19.4. The van der Waals surface area contributed by atoms with E-state index in [4.69, 9.17) is 9.15 Å². The van der Waals surface area contributed by atoms with Gasteiger partial charge in [0.15, 0.2) is 17.4 Å². The number of piperidine rings is 2. The fourth-order valence-electron chi connectivity index (χ4n) is 7.98. The maximum absolute atomic E-state index is 14.2. The number of nitrogens with zero attached hydrogens (tertiary/aromatic N) is 5. The zero-order valence-electron chi connectivity index (χ0n) is 30.5. The molecule has 4 aliphatic rings. The third-order valence-corrected chi connectivity index (χ3v) is 10.9. The van der Waals surface area contributed by atoms with E-state index in [-0.39, 0.29) is 47.1 Å². The van der Waals surface area contributed by atoms with E-state index in [1.165, 1.54) is 24.2 Å². The molecule has 2 unspecified atom stereocenters. The van der Waals surface area contributed by atoms with Gasteiger partial charge in [-0.25, -0.2) is 23.5 Å². The molecule has 19 heteroatoms. The van der Waals surface area contributed by atoms with E-state index in [0.717, 1.165) is 49.7 Å². The molecule has 0 saturated carbocycles. The highest BCUT2D eigenvalue weighted by Gasteiger charge is 2.46. The van der Waals surface area contributed by atoms with Crippen LogP contribution in [0.5, 0.6) is 0 Å². The van der Waals surface area contributed by atoms with Crippen molar-refractivity contribution in [3.05, 3.63) is 76.8 Å². The number of benzene rings is 2. The van der Waals surface area contributed by atoms with Crippen molar-refractivity contribution in [1.29, 1.82) is 0 Å². The molecule has 300 valence electrons. The fourth-order valence-corrected chi connectivity index (χ4v) is 7.98. The van der Waals surface area contributed by atoms with E-state index >= 15 is 0 Å². The number of furan rings is 1. The van der Waals surface area contributed by atoms with Gasteiger partial charge in [0.25, 0.3) is 5.91 Å². The fraction of sp³-hybridized carbons (Fsp3) is 0.421. The topological polar surface area (TPSA) is 162 Å². The number of halogens is 5. The van der Waals surface area contributed by atoms with Crippen LogP contribution in [0, 0.1) is 18.6 Å². The summed E-state index contributed by atoms with van der Waals surface area (Å²) in [6, 6.07) is 2.50. The summed E-state index contributed by atoms with van der Waals surface area (Å²) >= 11 is 0. The summed E-state index contributed by atoms with van der Waals surface area (Å²) in [6.45, 7) is 4.14. The highest BCUT2D eigenvalue weighted by Crippen LogP contribution is 2.39. The second-order valence-corrected chi connectivity index (χ2v) is 14.6. The van der Waals surface area contributed by atoms with Gasteiger partial charge in [0.1, 0.15) is 17.6 Å². The molecule has 4 aliphatic heterocycles. The summed E-state index contributed by atoms with van der Waals surface area (Å²) in [5.74, 6) is -3.56. The van der Waals surface area contributed by atoms with Crippen LogP contribution in [-0.4, -0.2) is 89.2 Å². The number of hydrogen-bond donors (Lipinski definition) is 3. The normalized spacial score (nSPS) is 20.9. The maximum Gasteiger partial charge on any atom is 0.416 e. The maximum atomic E-state index is 14.2. The van der Waals surface area contributed by atoms with E-state index < -0.39 is 53.2 Å². The molecule has 2 aromatic heterocycles. The first-order chi connectivity index (χ1) is 27.2. The van der Waals surface area contributed by atoms with Crippen LogP contribution < -0.4 is 25.8 Å². The molecule has 3 saturated heterocycles. The second-order valence-electron chi connectivity index (χ2n) is 14.6. The van der Waals surface area contributed by atoms with Gasteiger partial charge in [-0.05, 0) is 62.4 Å². The lowest BCUT2D eigenvalue weighted by atomic mass is 10.0. The number of carbonyl (C=O) groups excluding carboxylic acids is 4. The van der Waals surface area contributed by atoms with Gasteiger partial charge in [0, 0.05) is 67.4 Å². The second kappa shape index (κ2) is 14.9. The third-order valence-electron chi connectivity index (χ3n) is 10.9. The van der Waals surface area contributed by atoms with Crippen molar-refractivity contribution < 1.29 is 50.3 Å². The van der Waals surface area contributed by atoms with Gasteiger partial charge in [0.2, 0.25) is 17.8 Å². The number of imide groups is 1. The van der Waals surface area contributed by atoms with Gasteiger partial charge in [-0.2, -0.15) is 13.2 Å². The number of fused-ring (bicyclic) bond motifs is 2. The zero-order chi connectivity index (χ0) is 40.2. The Morgan fingerprint density at radius 2 is 1.70 bits per heavy atom. The molecule has 6 heterocycles. The van der Waals surface area contributed by atoms with Gasteiger partial charge in [-0.15, -0.1) is 0 Å². The van der Waals surface area contributed by atoms with Crippen LogP contribution in [0.25, 0.3) is 11.0 Å². The molecule has 2 aromatic carbocycles. The van der Waals surface area contributed by atoms with Crippen LogP contribution >= 0.6 is 0 Å². The molecular formula is C38H37F5N8O6. The Morgan fingerprint density at radius 1 is 0.982 bits per heavy atom. The summed E-state index contributed by atoms with van der Waals surface area (Å²) in [4.78, 5) is 64.0. The molecule has 0 bridgehead atoms. The molecule has 3 N–H and O–H groups in total. The van der Waals surface area contributed by atoms with Crippen LogP contribution in [-0.2, 0) is 20.9 Å². The SMILES string of the molecule is Cc1c([C@@H](NC(=O)Nc2cnc(N3CCC(OC4CCN(c5ccc6c(c5)CN(C5CCC(=O)NC5=O)C6=O)CC4)C3)nc2)C(F)(F)F)oc2c(F)cc(F)cc12. The van der Waals surface area contributed by atoms with Crippen molar-refractivity contribution in [3.63, 3.8) is 0 Å². The number of amides is 5. The average molecular weight is 797 g/mol. The van der Waals surface area contributed by atoms with Crippen LogP contribution in [0.1, 0.15) is 65.4 Å². The van der Waals surface area contributed by atoms with Crippen molar-refractivity contribution in [2.45, 2.75) is 76.0 Å². The van der Waals surface area contributed by atoms with Gasteiger partial charge in [0.05, 0.1) is 30.3 Å². The van der Waals surface area contributed by atoms with E-state index in [0.29, 0.717) is 43.6 Å². The summed E-state index contributed by atoms with van der Waals surface area (Å²) in [5.41, 5.74) is 1.70. The summed E-state index contributed by atoms with van der Waals surface area (Å²) < 4.78 is 81.8. The Labute approximate surface area is 321 Å².